The molecule has 0 aromatic heterocycles. The molecular formula is C14H29N3. The van der Waals surface area contributed by atoms with Gasteiger partial charge >= 0.3 is 0 Å². The SMILES string of the molecule is C=CCCNC1(CN)CCN(CC(C)C)CC1. The van der Waals surface area contributed by atoms with Gasteiger partial charge in [0.2, 0.25) is 0 Å². The lowest BCUT2D eigenvalue weighted by molar-refractivity contribution is 0.129. The molecule has 0 radical (unpaired) electrons. The predicted molar refractivity (Wildman–Crippen MR) is 75.1 cm³/mol. The van der Waals surface area contributed by atoms with Crippen LogP contribution in [0.25, 0.3) is 0 Å². The van der Waals surface area contributed by atoms with Crippen LogP contribution in [0.15, 0.2) is 12.7 Å². The first kappa shape index (κ1) is 14.7. The van der Waals surface area contributed by atoms with E-state index >= 15 is 0 Å². The van der Waals surface area contributed by atoms with Crippen molar-refractivity contribution in [2.45, 2.75) is 38.6 Å². The molecule has 0 bridgehead atoms. The molecule has 1 rings (SSSR count). The summed E-state index contributed by atoms with van der Waals surface area (Å²) in [5, 5.41) is 3.64. The fourth-order valence-electron chi connectivity index (χ4n) is 2.57. The highest BCUT2D eigenvalue weighted by molar-refractivity contribution is 4.94. The Hall–Kier alpha value is -0.380. The van der Waals surface area contributed by atoms with E-state index in [-0.39, 0.29) is 5.54 Å². The van der Waals surface area contributed by atoms with Crippen molar-refractivity contribution in [2.75, 3.05) is 32.7 Å². The smallest absolute Gasteiger partial charge is 0.0328 e. The third-order valence-electron chi connectivity index (χ3n) is 3.68. The van der Waals surface area contributed by atoms with Gasteiger partial charge in [0.05, 0.1) is 0 Å². The van der Waals surface area contributed by atoms with Crippen LogP contribution in [0.2, 0.25) is 0 Å². The summed E-state index contributed by atoms with van der Waals surface area (Å²) in [4.78, 5) is 2.56. The van der Waals surface area contributed by atoms with Crippen molar-refractivity contribution in [3.05, 3.63) is 12.7 Å². The van der Waals surface area contributed by atoms with Gasteiger partial charge in [0, 0.05) is 18.6 Å². The van der Waals surface area contributed by atoms with Crippen molar-refractivity contribution < 1.29 is 0 Å². The molecular weight excluding hydrogens is 210 g/mol. The summed E-state index contributed by atoms with van der Waals surface area (Å²) < 4.78 is 0. The van der Waals surface area contributed by atoms with Crippen LogP contribution in [0.5, 0.6) is 0 Å². The molecule has 1 aliphatic heterocycles. The summed E-state index contributed by atoms with van der Waals surface area (Å²) in [7, 11) is 0. The van der Waals surface area contributed by atoms with Crippen LogP contribution < -0.4 is 11.1 Å². The molecule has 1 saturated heterocycles. The number of rotatable bonds is 7. The Balaban J connectivity index is 2.36. The van der Waals surface area contributed by atoms with Gasteiger partial charge in [0.1, 0.15) is 0 Å². The number of nitrogens with zero attached hydrogens (tertiary/aromatic N) is 1. The van der Waals surface area contributed by atoms with Crippen molar-refractivity contribution in [2.24, 2.45) is 11.7 Å². The molecule has 3 heteroatoms. The van der Waals surface area contributed by atoms with Gasteiger partial charge < -0.3 is 16.0 Å². The molecule has 17 heavy (non-hydrogen) atoms. The van der Waals surface area contributed by atoms with E-state index in [1.807, 2.05) is 6.08 Å². The zero-order chi connectivity index (χ0) is 12.7. The lowest BCUT2D eigenvalue weighted by Gasteiger charge is -2.42. The summed E-state index contributed by atoms with van der Waals surface area (Å²) in [5.74, 6) is 0.758. The Kier molecular flexibility index (Phi) is 6.17. The maximum Gasteiger partial charge on any atom is 0.0328 e. The maximum atomic E-state index is 5.96. The molecule has 0 saturated carbocycles. The monoisotopic (exact) mass is 239 g/mol. The van der Waals surface area contributed by atoms with Crippen molar-refractivity contribution in [3.8, 4) is 0 Å². The quantitative estimate of drug-likeness (QED) is 0.524. The lowest BCUT2D eigenvalue weighted by Crippen LogP contribution is -2.58. The van der Waals surface area contributed by atoms with Crippen molar-refractivity contribution in [3.63, 3.8) is 0 Å². The zero-order valence-corrected chi connectivity index (χ0v) is 11.5. The van der Waals surface area contributed by atoms with Gasteiger partial charge in [0.15, 0.2) is 0 Å². The minimum atomic E-state index is 0.177. The molecule has 0 atom stereocenters. The Morgan fingerprint density at radius 2 is 2.06 bits per heavy atom. The maximum absolute atomic E-state index is 5.96. The summed E-state index contributed by atoms with van der Waals surface area (Å²) in [6, 6.07) is 0. The standard InChI is InChI=1S/C14H29N3/c1-4-5-8-16-14(12-15)6-9-17(10-7-14)11-13(2)3/h4,13,16H,1,5-12,15H2,2-3H3. The average Bonchev–Trinajstić information content (AvgIpc) is 2.31. The van der Waals surface area contributed by atoms with Gasteiger partial charge in [-0.3, -0.25) is 0 Å². The number of hydrogen-bond donors (Lipinski definition) is 2. The van der Waals surface area contributed by atoms with E-state index in [1.165, 1.54) is 32.5 Å². The molecule has 0 aliphatic carbocycles. The molecule has 3 N–H and O–H groups in total. The highest BCUT2D eigenvalue weighted by atomic mass is 15.2. The van der Waals surface area contributed by atoms with Crippen LogP contribution in [-0.4, -0.2) is 43.2 Å². The van der Waals surface area contributed by atoms with Gasteiger partial charge in [-0.2, -0.15) is 0 Å². The van der Waals surface area contributed by atoms with E-state index in [0.717, 1.165) is 25.4 Å². The van der Waals surface area contributed by atoms with Crippen LogP contribution in [0.3, 0.4) is 0 Å². The minimum Gasteiger partial charge on any atom is -0.329 e. The molecule has 0 unspecified atom stereocenters. The first-order chi connectivity index (χ1) is 8.12. The fourth-order valence-corrected chi connectivity index (χ4v) is 2.57. The Labute approximate surface area is 106 Å². The van der Waals surface area contributed by atoms with E-state index in [2.05, 4.69) is 30.6 Å². The minimum absolute atomic E-state index is 0.177. The molecule has 0 aromatic rings. The number of hydrogen-bond acceptors (Lipinski definition) is 3. The first-order valence-corrected chi connectivity index (χ1v) is 6.90. The summed E-state index contributed by atoms with van der Waals surface area (Å²) in [6.45, 7) is 13.7. The molecule has 100 valence electrons. The predicted octanol–water partition coefficient (Wildman–Crippen LogP) is 1.60. The van der Waals surface area contributed by atoms with Crippen molar-refractivity contribution in [1.82, 2.24) is 10.2 Å². The van der Waals surface area contributed by atoms with E-state index < -0.39 is 0 Å². The second-order valence-corrected chi connectivity index (χ2v) is 5.68. The highest BCUT2D eigenvalue weighted by Gasteiger charge is 2.32. The fraction of sp³-hybridized carbons (Fsp3) is 0.857. The first-order valence-electron chi connectivity index (χ1n) is 6.90. The topological polar surface area (TPSA) is 41.3 Å². The molecule has 1 heterocycles. The van der Waals surface area contributed by atoms with E-state index in [1.54, 1.807) is 0 Å². The average molecular weight is 239 g/mol. The number of likely N-dealkylation sites (tertiary alicyclic amines) is 1. The van der Waals surface area contributed by atoms with E-state index in [4.69, 9.17) is 5.73 Å². The Morgan fingerprint density at radius 1 is 1.41 bits per heavy atom. The Morgan fingerprint density at radius 3 is 2.53 bits per heavy atom. The van der Waals surface area contributed by atoms with E-state index in [0.29, 0.717) is 0 Å². The second kappa shape index (κ2) is 7.14. The van der Waals surface area contributed by atoms with Gasteiger partial charge in [-0.05, 0) is 44.8 Å². The van der Waals surface area contributed by atoms with Crippen LogP contribution >= 0.6 is 0 Å². The van der Waals surface area contributed by atoms with Gasteiger partial charge in [-0.1, -0.05) is 19.9 Å². The molecule has 1 aliphatic rings. The van der Waals surface area contributed by atoms with E-state index in [9.17, 15) is 0 Å². The van der Waals surface area contributed by atoms with Gasteiger partial charge in [-0.25, -0.2) is 0 Å². The van der Waals surface area contributed by atoms with Gasteiger partial charge in [-0.15, -0.1) is 6.58 Å². The van der Waals surface area contributed by atoms with Crippen LogP contribution in [0.4, 0.5) is 0 Å². The largest absolute Gasteiger partial charge is 0.329 e. The molecule has 0 aromatic carbocycles. The summed E-state index contributed by atoms with van der Waals surface area (Å²) in [6.07, 6.45) is 5.34. The van der Waals surface area contributed by atoms with Gasteiger partial charge in [0.25, 0.3) is 0 Å². The normalized spacial score (nSPS) is 20.7. The van der Waals surface area contributed by atoms with Crippen LogP contribution in [0, 0.1) is 5.92 Å². The van der Waals surface area contributed by atoms with Crippen molar-refractivity contribution >= 4 is 0 Å². The number of piperidine rings is 1. The summed E-state index contributed by atoms with van der Waals surface area (Å²) in [5.41, 5.74) is 6.14. The Bertz CT molecular complexity index is 218. The molecule has 0 amide bonds. The number of nitrogens with one attached hydrogen (secondary N) is 1. The third-order valence-corrected chi connectivity index (χ3v) is 3.68. The molecule has 1 fully saturated rings. The second-order valence-electron chi connectivity index (χ2n) is 5.68. The molecule has 0 spiro atoms. The molecule has 3 nitrogen and oxygen atoms in total. The van der Waals surface area contributed by atoms with Crippen LogP contribution in [0.1, 0.15) is 33.1 Å². The third kappa shape index (κ3) is 4.78. The van der Waals surface area contributed by atoms with Crippen molar-refractivity contribution in [1.29, 1.82) is 0 Å². The highest BCUT2D eigenvalue weighted by Crippen LogP contribution is 2.21. The summed E-state index contributed by atoms with van der Waals surface area (Å²) >= 11 is 0. The lowest BCUT2D eigenvalue weighted by atomic mass is 9.87. The van der Waals surface area contributed by atoms with Crippen LogP contribution in [-0.2, 0) is 0 Å². The number of nitrogens with two attached hydrogens (primary N) is 1. The zero-order valence-electron chi connectivity index (χ0n) is 11.5.